The Labute approximate surface area is 191 Å². The summed E-state index contributed by atoms with van der Waals surface area (Å²) >= 11 is 0. The first-order valence-electron chi connectivity index (χ1n) is 10.8. The lowest BCUT2D eigenvalue weighted by atomic mass is 9.83. The Morgan fingerprint density at radius 3 is 1.73 bits per heavy atom. The molecular weight excluding hydrogens is 410 g/mol. The number of carbonyl (C=O) groups is 3. The lowest BCUT2D eigenvalue weighted by molar-refractivity contribution is -0.116. The van der Waals surface area contributed by atoms with E-state index in [-0.39, 0.29) is 35.4 Å². The van der Waals surface area contributed by atoms with Gasteiger partial charge >= 0.3 is 0 Å². The van der Waals surface area contributed by atoms with Gasteiger partial charge in [0.25, 0.3) is 0 Å². The zero-order valence-corrected chi connectivity index (χ0v) is 17.8. The van der Waals surface area contributed by atoms with Crippen LogP contribution in [0, 0.1) is 0 Å². The molecule has 0 heterocycles. The molecule has 0 radical (unpaired) electrons. The molecule has 0 spiro atoms. The third-order valence-electron chi connectivity index (χ3n) is 6.02. The fraction of sp³-hybridized carbons (Fsp3) is 0.0690. The highest BCUT2D eigenvalue weighted by molar-refractivity contribution is 6.30. The predicted octanol–water partition coefficient (Wildman–Crippen LogP) is 5.62. The monoisotopic (exact) mass is 431 g/mol. The van der Waals surface area contributed by atoms with Gasteiger partial charge in [0.1, 0.15) is 0 Å². The normalized spacial score (nSPS) is 12.3. The molecule has 0 saturated heterocycles. The van der Waals surface area contributed by atoms with Gasteiger partial charge in [-0.3, -0.25) is 14.4 Å². The van der Waals surface area contributed by atoms with Crippen molar-refractivity contribution in [3.63, 3.8) is 0 Å². The van der Waals surface area contributed by atoms with E-state index in [2.05, 4.69) is 5.32 Å². The third kappa shape index (κ3) is 3.87. The van der Waals surface area contributed by atoms with Crippen molar-refractivity contribution < 1.29 is 14.4 Å². The molecule has 0 fully saturated rings. The Balaban J connectivity index is 1.46. The van der Waals surface area contributed by atoms with Crippen molar-refractivity contribution in [1.82, 2.24) is 0 Å². The van der Waals surface area contributed by atoms with Crippen molar-refractivity contribution >= 4 is 23.2 Å². The van der Waals surface area contributed by atoms with Crippen LogP contribution >= 0.6 is 0 Å². The van der Waals surface area contributed by atoms with Crippen LogP contribution < -0.4 is 5.32 Å². The van der Waals surface area contributed by atoms with Crippen LogP contribution in [-0.2, 0) is 4.79 Å². The van der Waals surface area contributed by atoms with Gasteiger partial charge in [-0.2, -0.15) is 0 Å². The summed E-state index contributed by atoms with van der Waals surface area (Å²) in [7, 11) is 0. The molecule has 4 aromatic rings. The Morgan fingerprint density at radius 1 is 0.606 bits per heavy atom. The van der Waals surface area contributed by atoms with E-state index in [1.807, 2.05) is 60.7 Å². The summed E-state index contributed by atoms with van der Waals surface area (Å²) in [4.78, 5) is 39.4. The Morgan fingerprint density at radius 2 is 1.12 bits per heavy atom. The van der Waals surface area contributed by atoms with Gasteiger partial charge < -0.3 is 5.32 Å². The maximum Gasteiger partial charge on any atom is 0.225 e. The summed E-state index contributed by atoms with van der Waals surface area (Å²) in [6.07, 6.45) is 0.205. The Kier molecular flexibility index (Phi) is 5.41. The van der Waals surface area contributed by atoms with Crippen molar-refractivity contribution in [1.29, 1.82) is 0 Å². The van der Waals surface area contributed by atoms with Gasteiger partial charge in [-0.05, 0) is 17.2 Å². The maximum absolute atomic E-state index is 13.2. The quantitative estimate of drug-likeness (QED) is 0.393. The van der Waals surface area contributed by atoms with E-state index in [0.29, 0.717) is 22.4 Å². The van der Waals surface area contributed by atoms with Gasteiger partial charge in [-0.25, -0.2) is 0 Å². The number of fused-ring (bicyclic) bond motifs is 2. The molecule has 0 atom stereocenters. The van der Waals surface area contributed by atoms with Gasteiger partial charge in [0.05, 0.1) is 11.3 Å². The van der Waals surface area contributed by atoms with Crippen molar-refractivity contribution in [3.05, 3.63) is 137 Å². The fourth-order valence-electron chi connectivity index (χ4n) is 4.43. The summed E-state index contributed by atoms with van der Waals surface area (Å²) in [6.45, 7) is 0. The number of amides is 1. The number of anilines is 1. The minimum Gasteiger partial charge on any atom is -0.325 e. The van der Waals surface area contributed by atoms with E-state index < -0.39 is 0 Å². The largest absolute Gasteiger partial charge is 0.325 e. The van der Waals surface area contributed by atoms with Crippen LogP contribution in [-0.4, -0.2) is 17.5 Å². The fourth-order valence-corrected chi connectivity index (χ4v) is 4.43. The van der Waals surface area contributed by atoms with E-state index in [9.17, 15) is 14.4 Å². The predicted molar refractivity (Wildman–Crippen MR) is 128 cm³/mol. The molecule has 0 saturated carbocycles. The van der Waals surface area contributed by atoms with E-state index in [4.69, 9.17) is 0 Å². The second kappa shape index (κ2) is 8.67. The molecule has 1 amide bonds. The van der Waals surface area contributed by atoms with E-state index >= 15 is 0 Å². The van der Waals surface area contributed by atoms with Gasteiger partial charge in [0, 0.05) is 29.0 Å². The van der Waals surface area contributed by atoms with E-state index in [1.165, 1.54) is 0 Å². The topological polar surface area (TPSA) is 63.2 Å². The summed E-state index contributed by atoms with van der Waals surface area (Å²) in [6, 6.07) is 31.6. The average molecular weight is 431 g/mol. The molecule has 1 aliphatic carbocycles. The summed E-state index contributed by atoms with van der Waals surface area (Å²) in [5.74, 6) is -0.813. The first kappa shape index (κ1) is 20.6. The second-order valence-electron chi connectivity index (χ2n) is 8.06. The van der Waals surface area contributed by atoms with Crippen LogP contribution in [0.3, 0.4) is 0 Å². The number of carbonyl (C=O) groups excluding carboxylic acids is 3. The van der Waals surface area contributed by atoms with Gasteiger partial charge in [0.15, 0.2) is 11.6 Å². The van der Waals surface area contributed by atoms with Crippen LogP contribution in [0.4, 0.5) is 5.69 Å². The maximum atomic E-state index is 13.2. The summed E-state index contributed by atoms with van der Waals surface area (Å²) < 4.78 is 0. The molecule has 0 bridgehead atoms. The summed E-state index contributed by atoms with van der Waals surface area (Å²) in [5.41, 5.74) is 3.77. The zero-order valence-electron chi connectivity index (χ0n) is 17.8. The van der Waals surface area contributed by atoms with Crippen LogP contribution in [0.25, 0.3) is 0 Å². The second-order valence-corrected chi connectivity index (χ2v) is 8.06. The lowest BCUT2D eigenvalue weighted by Gasteiger charge is -2.21. The molecule has 5 rings (SSSR count). The van der Waals surface area contributed by atoms with Crippen molar-refractivity contribution in [3.8, 4) is 0 Å². The standard InChI is InChI=1S/C29H21NO3/c31-26(18-24(19-10-3-1-4-11-19)20-12-5-2-6-13-20)30-25-17-9-16-23-27(25)29(33)22-15-8-7-14-21(22)28(23)32/h1-17,24H,18H2,(H,30,31). The van der Waals surface area contributed by atoms with Crippen molar-refractivity contribution in [2.45, 2.75) is 12.3 Å². The molecule has 0 unspecified atom stereocenters. The lowest BCUT2D eigenvalue weighted by Crippen LogP contribution is -2.24. The average Bonchev–Trinajstić information content (AvgIpc) is 2.87. The van der Waals surface area contributed by atoms with Crippen LogP contribution in [0.15, 0.2) is 103 Å². The highest BCUT2D eigenvalue weighted by Crippen LogP contribution is 2.33. The number of ketones is 2. The Bertz CT molecular complexity index is 1320. The highest BCUT2D eigenvalue weighted by Gasteiger charge is 2.32. The number of nitrogens with one attached hydrogen (secondary N) is 1. The van der Waals surface area contributed by atoms with Crippen molar-refractivity contribution in [2.75, 3.05) is 5.32 Å². The molecule has 0 aliphatic heterocycles. The highest BCUT2D eigenvalue weighted by atomic mass is 16.2. The number of hydrogen-bond donors (Lipinski definition) is 1. The van der Waals surface area contributed by atoms with Crippen LogP contribution in [0.5, 0.6) is 0 Å². The van der Waals surface area contributed by atoms with Gasteiger partial charge in [-0.15, -0.1) is 0 Å². The van der Waals surface area contributed by atoms with E-state index in [1.54, 1.807) is 42.5 Å². The third-order valence-corrected chi connectivity index (χ3v) is 6.02. The molecule has 0 aromatic heterocycles. The first-order chi connectivity index (χ1) is 16.1. The van der Waals surface area contributed by atoms with Gasteiger partial charge in [0.2, 0.25) is 5.91 Å². The molecule has 4 aromatic carbocycles. The zero-order chi connectivity index (χ0) is 22.8. The van der Waals surface area contributed by atoms with Gasteiger partial charge in [-0.1, -0.05) is 97.1 Å². The molecule has 160 valence electrons. The van der Waals surface area contributed by atoms with Crippen LogP contribution in [0.1, 0.15) is 55.3 Å². The smallest absolute Gasteiger partial charge is 0.225 e. The SMILES string of the molecule is O=C(CC(c1ccccc1)c1ccccc1)Nc1cccc2c1C(=O)c1ccccc1C2=O. The van der Waals surface area contributed by atoms with Crippen LogP contribution in [0.2, 0.25) is 0 Å². The molecule has 4 nitrogen and oxygen atoms in total. The molecule has 33 heavy (non-hydrogen) atoms. The van der Waals surface area contributed by atoms with Crippen molar-refractivity contribution in [2.24, 2.45) is 0 Å². The molecule has 1 aliphatic rings. The molecule has 4 heteroatoms. The summed E-state index contributed by atoms with van der Waals surface area (Å²) in [5, 5.41) is 2.91. The number of rotatable bonds is 5. The molecular formula is C29H21NO3. The van der Waals surface area contributed by atoms with E-state index in [0.717, 1.165) is 11.1 Å². The minimum absolute atomic E-state index is 0.134. The number of hydrogen-bond acceptors (Lipinski definition) is 3. The number of benzene rings is 4. The molecule has 1 N–H and O–H groups in total. The first-order valence-corrected chi connectivity index (χ1v) is 10.8. The Hall–Kier alpha value is -4.31. The minimum atomic E-state index is -0.251.